The highest BCUT2D eigenvalue weighted by Gasteiger charge is 2.29. The second-order valence-corrected chi connectivity index (χ2v) is 8.00. The Kier molecular flexibility index (Phi) is 4.60. The van der Waals surface area contributed by atoms with Gasteiger partial charge < -0.3 is 5.32 Å². The Balaban J connectivity index is 1.43. The van der Waals surface area contributed by atoms with E-state index in [0.29, 0.717) is 6.04 Å². The summed E-state index contributed by atoms with van der Waals surface area (Å²) in [6, 6.07) is 4.39. The molecule has 5 heteroatoms. The Morgan fingerprint density at radius 1 is 1.21 bits per heavy atom. The van der Waals surface area contributed by atoms with Crippen molar-refractivity contribution in [2.75, 3.05) is 0 Å². The van der Waals surface area contributed by atoms with Gasteiger partial charge >= 0.3 is 0 Å². The van der Waals surface area contributed by atoms with Crippen LogP contribution in [0, 0.1) is 5.92 Å². The minimum absolute atomic E-state index is 0.113. The topological polar surface area (TPSA) is 54.9 Å². The Morgan fingerprint density at radius 3 is 2.88 bits per heavy atom. The number of rotatable bonds is 3. The van der Waals surface area contributed by atoms with E-state index in [2.05, 4.69) is 10.3 Å². The van der Waals surface area contributed by atoms with Gasteiger partial charge in [-0.15, -0.1) is 11.3 Å². The normalized spacial score (nSPS) is 21.2. The number of aromatic nitrogens is 2. The third-order valence-corrected chi connectivity index (χ3v) is 6.34. The highest BCUT2D eigenvalue weighted by Crippen LogP contribution is 2.34. The van der Waals surface area contributed by atoms with Crippen molar-refractivity contribution in [1.29, 1.82) is 0 Å². The average Bonchev–Trinajstić information content (AvgIpc) is 3.06. The van der Waals surface area contributed by atoms with E-state index in [4.69, 9.17) is 4.98 Å². The highest BCUT2D eigenvalue weighted by molar-refractivity contribution is 7.15. The number of pyridine rings is 1. The standard InChI is InChI=1S/C19H23N3OS/c23-18(21-15-6-2-1-3-7-15)13-8-9-16-17(11-13)24-19(22-16)14-5-4-10-20-12-14/h4-5,10,12-13,15H,1-3,6-9,11H2,(H,21,23). The summed E-state index contributed by atoms with van der Waals surface area (Å²) in [7, 11) is 0. The third-order valence-electron chi connectivity index (χ3n) is 5.17. The molecule has 0 saturated heterocycles. The first-order valence-corrected chi connectivity index (χ1v) is 9.80. The molecule has 1 atom stereocenters. The fraction of sp³-hybridized carbons (Fsp3) is 0.526. The van der Waals surface area contributed by atoms with Gasteiger partial charge in [-0.3, -0.25) is 9.78 Å². The number of nitrogens with one attached hydrogen (secondary N) is 1. The summed E-state index contributed by atoms with van der Waals surface area (Å²) < 4.78 is 0. The van der Waals surface area contributed by atoms with Crippen LogP contribution < -0.4 is 5.32 Å². The van der Waals surface area contributed by atoms with Crippen molar-refractivity contribution in [3.05, 3.63) is 35.1 Å². The van der Waals surface area contributed by atoms with Crippen LogP contribution >= 0.6 is 11.3 Å². The number of hydrogen-bond acceptors (Lipinski definition) is 4. The summed E-state index contributed by atoms with van der Waals surface area (Å²) >= 11 is 1.72. The molecule has 0 radical (unpaired) electrons. The summed E-state index contributed by atoms with van der Waals surface area (Å²) in [5, 5.41) is 4.32. The lowest BCUT2D eigenvalue weighted by molar-refractivity contribution is -0.126. The van der Waals surface area contributed by atoms with Gasteiger partial charge in [0.05, 0.1) is 5.69 Å². The minimum Gasteiger partial charge on any atom is -0.353 e. The van der Waals surface area contributed by atoms with Gasteiger partial charge in [0.2, 0.25) is 5.91 Å². The molecule has 4 nitrogen and oxygen atoms in total. The average molecular weight is 341 g/mol. The number of hydrogen-bond donors (Lipinski definition) is 1. The molecule has 1 amide bonds. The molecular weight excluding hydrogens is 318 g/mol. The summed E-state index contributed by atoms with van der Waals surface area (Å²) in [5.74, 6) is 0.366. The van der Waals surface area contributed by atoms with Crippen LogP contribution in [-0.2, 0) is 17.6 Å². The fourth-order valence-corrected chi connectivity index (χ4v) is 4.96. The molecule has 2 aromatic rings. The van der Waals surface area contributed by atoms with Gasteiger partial charge in [0.1, 0.15) is 5.01 Å². The van der Waals surface area contributed by atoms with E-state index in [0.717, 1.165) is 42.7 Å². The molecule has 2 aromatic heterocycles. The van der Waals surface area contributed by atoms with Crippen molar-refractivity contribution in [3.8, 4) is 10.6 Å². The van der Waals surface area contributed by atoms with Gasteiger partial charge in [0.15, 0.2) is 0 Å². The van der Waals surface area contributed by atoms with Crippen LogP contribution in [0.4, 0.5) is 0 Å². The second kappa shape index (κ2) is 7.01. The maximum Gasteiger partial charge on any atom is 0.223 e. The molecule has 1 saturated carbocycles. The highest BCUT2D eigenvalue weighted by atomic mass is 32.1. The molecule has 0 aromatic carbocycles. The Bertz CT molecular complexity index is 707. The predicted molar refractivity (Wildman–Crippen MR) is 95.9 cm³/mol. The van der Waals surface area contributed by atoms with E-state index >= 15 is 0 Å². The van der Waals surface area contributed by atoms with Gasteiger partial charge in [-0.2, -0.15) is 0 Å². The molecule has 1 N–H and O–H groups in total. The van der Waals surface area contributed by atoms with Crippen molar-refractivity contribution in [2.45, 2.75) is 57.4 Å². The number of carbonyl (C=O) groups excluding carboxylic acids is 1. The zero-order valence-corrected chi connectivity index (χ0v) is 14.6. The van der Waals surface area contributed by atoms with Gasteiger partial charge in [0, 0.05) is 34.8 Å². The molecule has 0 aliphatic heterocycles. The van der Waals surface area contributed by atoms with Crippen LogP contribution in [0.3, 0.4) is 0 Å². The first-order chi connectivity index (χ1) is 11.8. The predicted octanol–water partition coefficient (Wildman–Crippen LogP) is 3.76. The number of aryl methyl sites for hydroxylation is 1. The third kappa shape index (κ3) is 3.36. The van der Waals surface area contributed by atoms with Crippen molar-refractivity contribution in [3.63, 3.8) is 0 Å². The lowest BCUT2D eigenvalue weighted by Gasteiger charge is -2.26. The Morgan fingerprint density at radius 2 is 2.08 bits per heavy atom. The maximum absolute atomic E-state index is 12.6. The number of thiazole rings is 1. The van der Waals surface area contributed by atoms with E-state index in [9.17, 15) is 4.79 Å². The largest absolute Gasteiger partial charge is 0.353 e. The number of carbonyl (C=O) groups is 1. The molecular formula is C19H23N3OS. The van der Waals surface area contributed by atoms with E-state index < -0.39 is 0 Å². The SMILES string of the molecule is O=C(NC1CCCCC1)C1CCc2nc(-c3cccnc3)sc2C1. The fourth-order valence-electron chi connectivity index (χ4n) is 3.78. The summed E-state index contributed by atoms with van der Waals surface area (Å²) in [5.41, 5.74) is 2.25. The monoisotopic (exact) mass is 341 g/mol. The molecule has 2 aliphatic carbocycles. The number of nitrogens with zero attached hydrogens (tertiary/aromatic N) is 2. The van der Waals surface area contributed by atoms with Crippen LogP contribution in [0.5, 0.6) is 0 Å². The van der Waals surface area contributed by atoms with Crippen molar-refractivity contribution in [2.24, 2.45) is 5.92 Å². The molecule has 2 heterocycles. The number of amides is 1. The summed E-state index contributed by atoms with van der Waals surface area (Å²) in [4.78, 5) is 22.9. The first kappa shape index (κ1) is 15.8. The molecule has 126 valence electrons. The van der Waals surface area contributed by atoms with E-state index in [1.807, 2.05) is 18.3 Å². The van der Waals surface area contributed by atoms with E-state index in [-0.39, 0.29) is 11.8 Å². The molecule has 1 fully saturated rings. The minimum atomic E-state index is 0.113. The molecule has 24 heavy (non-hydrogen) atoms. The molecule has 1 unspecified atom stereocenters. The smallest absolute Gasteiger partial charge is 0.223 e. The summed E-state index contributed by atoms with van der Waals surface area (Å²) in [6.45, 7) is 0. The van der Waals surface area contributed by atoms with Gasteiger partial charge in [0.25, 0.3) is 0 Å². The molecule has 4 rings (SSSR count). The Labute approximate surface area is 146 Å². The summed E-state index contributed by atoms with van der Waals surface area (Å²) in [6.07, 6.45) is 12.4. The zero-order chi connectivity index (χ0) is 16.4. The van der Waals surface area contributed by atoms with Crippen LogP contribution in [0.2, 0.25) is 0 Å². The molecule has 2 aliphatic rings. The maximum atomic E-state index is 12.6. The van der Waals surface area contributed by atoms with Crippen LogP contribution in [0.1, 0.15) is 49.1 Å². The van der Waals surface area contributed by atoms with Gasteiger partial charge in [-0.05, 0) is 44.2 Å². The first-order valence-electron chi connectivity index (χ1n) is 8.99. The van der Waals surface area contributed by atoms with Gasteiger partial charge in [-0.25, -0.2) is 4.98 Å². The Hall–Kier alpha value is -1.75. The van der Waals surface area contributed by atoms with Gasteiger partial charge in [-0.1, -0.05) is 19.3 Å². The van der Waals surface area contributed by atoms with Crippen molar-refractivity contribution in [1.82, 2.24) is 15.3 Å². The van der Waals surface area contributed by atoms with Crippen molar-refractivity contribution < 1.29 is 4.79 Å². The second-order valence-electron chi connectivity index (χ2n) is 6.91. The van der Waals surface area contributed by atoms with Crippen LogP contribution in [0.15, 0.2) is 24.5 Å². The zero-order valence-electron chi connectivity index (χ0n) is 13.8. The lowest BCUT2D eigenvalue weighted by atomic mass is 9.89. The van der Waals surface area contributed by atoms with Crippen molar-refractivity contribution >= 4 is 17.2 Å². The van der Waals surface area contributed by atoms with E-state index in [1.165, 1.54) is 29.8 Å². The lowest BCUT2D eigenvalue weighted by Crippen LogP contribution is -2.41. The molecule has 0 bridgehead atoms. The quantitative estimate of drug-likeness (QED) is 0.925. The number of fused-ring (bicyclic) bond motifs is 1. The molecule has 0 spiro atoms. The van der Waals surface area contributed by atoms with Crippen LogP contribution in [0.25, 0.3) is 10.6 Å². The van der Waals surface area contributed by atoms with Crippen LogP contribution in [-0.4, -0.2) is 21.9 Å². The van der Waals surface area contributed by atoms with E-state index in [1.54, 1.807) is 17.5 Å².